The zero-order chi connectivity index (χ0) is 16.8. The van der Waals surface area contributed by atoms with E-state index in [9.17, 15) is 9.59 Å². The van der Waals surface area contributed by atoms with E-state index in [0.717, 1.165) is 44.3 Å². The van der Waals surface area contributed by atoms with Gasteiger partial charge in [0.05, 0.1) is 6.04 Å². The Labute approximate surface area is 143 Å². The van der Waals surface area contributed by atoms with Crippen molar-refractivity contribution in [2.75, 3.05) is 19.6 Å². The van der Waals surface area contributed by atoms with Crippen molar-refractivity contribution < 1.29 is 9.59 Å². The van der Waals surface area contributed by atoms with Gasteiger partial charge in [-0.15, -0.1) is 0 Å². The molecule has 2 aliphatic rings. The highest BCUT2D eigenvalue weighted by Gasteiger charge is 2.29. The number of benzene rings is 1. The third-order valence-corrected chi connectivity index (χ3v) is 5.15. The highest BCUT2D eigenvalue weighted by molar-refractivity contribution is 5.78. The van der Waals surface area contributed by atoms with Crippen LogP contribution in [0.3, 0.4) is 0 Å². The summed E-state index contributed by atoms with van der Waals surface area (Å²) in [5.41, 5.74) is 1.16. The molecule has 1 atom stereocenters. The van der Waals surface area contributed by atoms with E-state index in [1.165, 1.54) is 6.42 Å². The second-order valence-electron chi connectivity index (χ2n) is 6.82. The Kier molecular flexibility index (Phi) is 5.72. The summed E-state index contributed by atoms with van der Waals surface area (Å²) in [6, 6.07) is 10.0. The molecule has 5 heteroatoms. The summed E-state index contributed by atoms with van der Waals surface area (Å²) in [5, 5.41) is 5.95. The standard InChI is InChI=1S/C19H27N3O2/c23-17(22-13-4-5-14-22)11-12-20-19(24)21-18(16-9-6-10-16)15-7-2-1-3-8-15/h1-3,7-8,16,18H,4-6,9-14H2,(H2,20,21,24)/t18-/m1/s1. The van der Waals surface area contributed by atoms with Gasteiger partial charge >= 0.3 is 6.03 Å². The van der Waals surface area contributed by atoms with E-state index in [2.05, 4.69) is 22.8 Å². The van der Waals surface area contributed by atoms with E-state index in [1.807, 2.05) is 23.1 Å². The van der Waals surface area contributed by atoms with Crippen molar-refractivity contribution in [2.45, 2.75) is 44.6 Å². The number of likely N-dealkylation sites (tertiary alicyclic amines) is 1. The molecule has 3 rings (SSSR count). The Morgan fingerprint density at radius 2 is 1.79 bits per heavy atom. The van der Waals surface area contributed by atoms with Gasteiger partial charge in [0.25, 0.3) is 0 Å². The number of amides is 3. The molecule has 24 heavy (non-hydrogen) atoms. The van der Waals surface area contributed by atoms with Crippen LogP contribution in [0.1, 0.15) is 50.1 Å². The van der Waals surface area contributed by atoms with Gasteiger partial charge in [0.2, 0.25) is 5.91 Å². The Bertz CT molecular complexity index is 551. The summed E-state index contributed by atoms with van der Waals surface area (Å²) in [6.45, 7) is 2.12. The van der Waals surface area contributed by atoms with Crippen molar-refractivity contribution in [2.24, 2.45) is 5.92 Å². The molecule has 1 aliphatic heterocycles. The predicted molar refractivity (Wildman–Crippen MR) is 93.5 cm³/mol. The van der Waals surface area contributed by atoms with E-state index in [-0.39, 0.29) is 18.0 Å². The SMILES string of the molecule is O=C(NCCC(=O)N1CCCC1)N[C@H](c1ccccc1)C1CCC1. The van der Waals surface area contributed by atoms with E-state index in [4.69, 9.17) is 0 Å². The van der Waals surface area contributed by atoms with E-state index >= 15 is 0 Å². The number of carbonyl (C=O) groups is 2. The average molecular weight is 329 g/mol. The van der Waals surface area contributed by atoms with E-state index in [0.29, 0.717) is 18.9 Å². The van der Waals surface area contributed by atoms with E-state index in [1.54, 1.807) is 0 Å². The highest BCUT2D eigenvalue weighted by Crippen LogP contribution is 2.37. The summed E-state index contributed by atoms with van der Waals surface area (Å²) >= 11 is 0. The van der Waals surface area contributed by atoms with Crippen LogP contribution in [0.2, 0.25) is 0 Å². The molecule has 1 saturated carbocycles. The smallest absolute Gasteiger partial charge is 0.315 e. The second kappa shape index (κ2) is 8.18. The van der Waals surface area contributed by atoms with Crippen molar-refractivity contribution in [3.05, 3.63) is 35.9 Å². The van der Waals surface area contributed by atoms with Gasteiger partial charge in [-0.05, 0) is 37.2 Å². The molecule has 2 fully saturated rings. The van der Waals surface area contributed by atoms with Crippen LogP contribution < -0.4 is 10.6 Å². The molecular weight excluding hydrogens is 302 g/mol. The maximum absolute atomic E-state index is 12.2. The highest BCUT2D eigenvalue weighted by atomic mass is 16.2. The quantitative estimate of drug-likeness (QED) is 0.843. The fraction of sp³-hybridized carbons (Fsp3) is 0.579. The van der Waals surface area contributed by atoms with Crippen LogP contribution in [0.5, 0.6) is 0 Å². The minimum Gasteiger partial charge on any atom is -0.343 e. The first-order valence-electron chi connectivity index (χ1n) is 9.11. The van der Waals surface area contributed by atoms with Crippen LogP contribution in [0.25, 0.3) is 0 Å². The van der Waals surface area contributed by atoms with Gasteiger partial charge in [-0.3, -0.25) is 4.79 Å². The van der Waals surface area contributed by atoms with Gasteiger partial charge in [0, 0.05) is 26.1 Å². The molecule has 0 aromatic heterocycles. The Hall–Kier alpha value is -2.04. The predicted octanol–water partition coefficient (Wildman–Crippen LogP) is 2.84. The average Bonchev–Trinajstić information content (AvgIpc) is 3.08. The Morgan fingerprint density at radius 3 is 2.42 bits per heavy atom. The summed E-state index contributed by atoms with van der Waals surface area (Å²) in [4.78, 5) is 26.1. The molecular formula is C19H27N3O2. The zero-order valence-electron chi connectivity index (χ0n) is 14.2. The van der Waals surface area contributed by atoms with Crippen molar-refractivity contribution in [1.29, 1.82) is 0 Å². The maximum Gasteiger partial charge on any atom is 0.315 e. The molecule has 2 N–H and O–H groups in total. The molecule has 5 nitrogen and oxygen atoms in total. The molecule has 3 amide bonds. The summed E-state index contributed by atoms with van der Waals surface area (Å²) in [5.74, 6) is 0.663. The zero-order valence-corrected chi connectivity index (χ0v) is 14.2. The molecule has 0 unspecified atom stereocenters. The fourth-order valence-electron chi connectivity index (χ4n) is 3.51. The molecule has 0 bridgehead atoms. The molecule has 1 aliphatic carbocycles. The normalized spacial score (nSPS) is 18.8. The monoisotopic (exact) mass is 329 g/mol. The van der Waals surface area contributed by atoms with Crippen LogP contribution in [-0.2, 0) is 4.79 Å². The largest absolute Gasteiger partial charge is 0.343 e. The van der Waals surface area contributed by atoms with Gasteiger partial charge < -0.3 is 15.5 Å². The van der Waals surface area contributed by atoms with Gasteiger partial charge in [0.15, 0.2) is 0 Å². The van der Waals surface area contributed by atoms with Gasteiger partial charge in [0.1, 0.15) is 0 Å². The topological polar surface area (TPSA) is 61.4 Å². The summed E-state index contributed by atoms with van der Waals surface area (Å²) in [6.07, 6.45) is 6.13. The number of hydrogen-bond acceptors (Lipinski definition) is 2. The number of nitrogens with zero attached hydrogens (tertiary/aromatic N) is 1. The maximum atomic E-state index is 12.2. The van der Waals surface area contributed by atoms with Crippen molar-refractivity contribution in [1.82, 2.24) is 15.5 Å². The lowest BCUT2D eigenvalue weighted by molar-refractivity contribution is -0.129. The number of hydrogen-bond donors (Lipinski definition) is 2. The summed E-state index contributed by atoms with van der Waals surface area (Å²) in [7, 11) is 0. The molecule has 130 valence electrons. The number of urea groups is 1. The van der Waals surface area contributed by atoms with Gasteiger partial charge in [-0.25, -0.2) is 4.79 Å². The number of carbonyl (C=O) groups excluding carboxylic acids is 2. The Balaban J connectivity index is 1.46. The van der Waals surface area contributed by atoms with Crippen LogP contribution >= 0.6 is 0 Å². The Morgan fingerprint density at radius 1 is 1.08 bits per heavy atom. The lowest BCUT2D eigenvalue weighted by Crippen LogP contribution is -2.43. The van der Waals surface area contributed by atoms with Crippen LogP contribution in [-0.4, -0.2) is 36.5 Å². The molecule has 0 radical (unpaired) electrons. The molecule has 1 aromatic carbocycles. The van der Waals surface area contributed by atoms with E-state index < -0.39 is 0 Å². The third-order valence-electron chi connectivity index (χ3n) is 5.15. The van der Waals surface area contributed by atoms with Crippen molar-refractivity contribution in [3.63, 3.8) is 0 Å². The molecule has 1 saturated heterocycles. The van der Waals surface area contributed by atoms with Crippen molar-refractivity contribution >= 4 is 11.9 Å². The third kappa shape index (κ3) is 4.28. The second-order valence-corrected chi connectivity index (χ2v) is 6.82. The minimum absolute atomic E-state index is 0.0641. The van der Waals surface area contributed by atoms with Crippen molar-refractivity contribution in [3.8, 4) is 0 Å². The fourth-order valence-corrected chi connectivity index (χ4v) is 3.51. The van der Waals surface area contributed by atoms with Gasteiger partial charge in [-0.2, -0.15) is 0 Å². The minimum atomic E-state index is -0.176. The van der Waals surface area contributed by atoms with Crippen LogP contribution in [0.4, 0.5) is 4.79 Å². The first-order valence-corrected chi connectivity index (χ1v) is 9.11. The van der Waals surface area contributed by atoms with Gasteiger partial charge in [-0.1, -0.05) is 36.8 Å². The molecule has 0 spiro atoms. The lowest BCUT2D eigenvalue weighted by Gasteiger charge is -2.34. The number of nitrogens with one attached hydrogen (secondary N) is 2. The lowest BCUT2D eigenvalue weighted by atomic mass is 9.77. The molecule has 1 aromatic rings. The van der Waals surface area contributed by atoms with Crippen LogP contribution in [0.15, 0.2) is 30.3 Å². The summed E-state index contributed by atoms with van der Waals surface area (Å²) < 4.78 is 0. The molecule has 1 heterocycles. The first kappa shape index (κ1) is 16.8. The first-order chi connectivity index (χ1) is 11.7. The van der Waals surface area contributed by atoms with Crippen LogP contribution in [0, 0.1) is 5.92 Å². The number of rotatable bonds is 6.